The van der Waals surface area contributed by atoms with Gasteiger partial charge in [0.2, 0.25) is 12.3 Å². The van der Waals surface area contributed by atoms with Gasteiger partial charge in [-0.2, -0.15) is 0 Å². The summed E-state index contributed by atoms with van der Waals surface area (Å²) in [7, 11) is 0. The number of carbonyl (C=O) groups is 2. The molecule has 1 heterocycles. The van der Waals surface area contributed by atoms with Gasteiger partial charge in [-0.25, -0.2) is 0 Å². The molecule has 80 valence electrons. The fraction of sp³-hybridized carbons (Fsp3) is 0.800. The molecule has 4 heteroatoms. The molecule has 0 aromatic carbocycles. The summed E-state index contributed by atoms with van der Waals surface area (Å²) >= 11 is 0. The highest BCUT2D eigenvalue weighted by Crippen LogP contribution is 2.09. The Hall–Kier alpha value is -1.06. The molecule has 1 N–H and O–H groups in total. The average Bonchev–Trinajstić information content (AvgIpc) is 2.19. The minimum absolute atomic E-state index is 0.0408. The zero-order chi connectivity index (χ0) is 10.6. The highest BCUT2D eigenvalue weighted by molar-refractivity contribution is 5.78. The van der Waals surface area contributed by atoms with Crippen molar-refractivity contribution in [2.24, 2.45) is 5.92 Å². The lowest BCUT2D eigenvalue weighted by Gasteiger charge is -2.30. The van der Waals surface area contributed by atoms with E-state index in [9.17, 15) is 9.59 Å². The summed E-state index contributed by atoms with van der Waals surface area (Å²) < 4.78 is 0. The molecule has 14 heavy (non-hydrogen) atoms. The molecule has 0 saturated carbocycles. The van der Waals surface area contributed by atoms with E-state index in [0.717, 1.165) is 32.3 Å². The maximum Gasteiger partial charge on any atom is 0.222 e. The SMILES string of the molecule is CC(C)C(=O)NC1CCN(C=O)CC1. The lowest BCUT2D eigenvalue weighted by molar-refractivity contribution is -0.125. The van der Waals surface area contributed by atoms with Crippen molar-refractivity contribution in [1.82, 2.24) is 10.2 Å². The van der Waals surface area contributed by atoms with Crippen LogP contribution in [0.3, 0.4) is 0 Å². The summed E-state index contributed by atoms with van der Waals surface area (Å²) in [6.45, 7) is 5.28. The number of likely N-dealkylation sites (tertiary alicyclic amines) is 1. The maximum atomic E-state index is 11.4. The minimum Gasteiger partial charge on any atom is -0.353 e. The largest absolute Gasteiger partial charge is 0.353 e. The van der Waals surface area contributed by atoms with Crippen molar-refractivity contribution in [2.45, 2.75) is 32.7 Å². The van der Waals surface area contributed by atoms with Gasteiger partial charge in [0, 0.05) is 25.0 Å². The van der Waals surface area contributed by atoms with Gasteiger partial charge in [0.15, 0.2) is 0 Å². The van der Waals surface area contributed by atoms with Crippen molar-refractivity contribution >= 4 is 12.3 Å². The smallest absolute Gasteiger partial charge is 0.222 e. The molecule has 4 nitrogen and oxygen atoms in total. The fourth-order valence-electron chi connectivity index (χ4n) is 1.52. The first-order valence-electron chi connectivity index (χ1n) is 5.13. The summed E-state index contributed by atoms with van der Waals surface area (Å²) in [6.07, 6.45) is 2.62. The molecule has 1 aliphatic rings. The zero-order valence-corrected chi connectivity index (χ0v) is 8.82. The second-order valence-electron chi connectivity index (χ2n) is 4.08. The normalized spacial score (nSPS) is 18.4. The second-order valence-corrected chi connectivity index (χ2v) is 4.08. The Bertz CT molecular complexity index is 208. The quantitative estimate of drug-likeness (QED) is 0.666. The van der Waals surface area contributed by atoms with E-state index in [1.165, 1.54) is 0 Å². The lowest BCUT2D eigenvalue weighted by Crippen LogP contribution is -2.45. The van der Waals surface area contributed by atoms with Gasteiger partial charge >= 0.3 is 0 Å². The third-order valence-electron chi connectivity index (χ3n) is 2.55. The third-order valence-corrected chi connectivity index (χ3v) is 2.55. The lowest BCUT2D eigenvalue weighted by atomic mass is 10.0. The number of nitrogens with zero attached hydrogens (tertiary/aromatic N) is 1. The van der Waals surface area contributed by atoms with Crippen molar-refractivity contribution < 1.29 is 9.59 Å². The predicted octanol–water partition coefficient (Wildman–Crippen LogP) is 0.379. The van der Waals surface area contributed by atoms with E-state index in [4.69, 9.17) is 0 Å². The number of carbonyl (C=O) groups excluding carboxylic acids is 2. The van der Waals surface area contributed by atoms with Gasteiger partial charge in [0.1, 0.15) is 0 Å². The van der Waals surface area contributed by atoms with Crippen LogP contribution in [0.15, 0.2) is 0 Å². The van der Waals surface area contributed by atoms with E-state index in [0.29, 0.717) is 0 Å². The van der Waals surface area contributed by atoms with Crippen molar-refractivity contribution in [3.05, 3.63) is 0 Å². The van der Waals surface area contributed by atoms with Crippen LogP contribution >= 0.6 is 0 Å². The van der Waals surface area contributed by atoms with E-state index in [1.54, 1.807) is 4.90 Å². The predicted molar refractivity (Wildman–Crippen MR) is 53.6 cm³/mol. The van der Waals surface area contributed by atoms with Crippen molar-refractivity contribution in [3.63, 3.8) is 0 Å². The van der Waals surface area contributed by atoms with Crippen LogP contribution in [0.4, 0.5) is 0 Å². The number of piperidine rings is 1. The number of hydrogen-bond acceptors (Lipinski definition) is 2. The standard InChI is InChI=1S/C10H18N2O2/c1-8(2)10(14)11-9-3-5-12(7-13)6-4-9/h7-9H,3-6H2,1-2H3,(H,11,14). The van der Waals surface area contributed by atoms with Crippen LogP contribution in [0.1, 0.15) is 26.7 Å². The molecular formula is C10H18N2O2. The van der Waals surface area contributed by atoms with Crippen LogP contribution < -0.4 is 5.32 Å². The molecule has 0 bridgehead atoms. The number of rotatable bonds is 3. The summed E-state index contributed by atoms with van der Waals surface area (Å²) in [5.74, 6) is 0.147. The molecule has 0 aromatic rings. The zero-order valence-electron chi connectivity index (χ0n) is 8.82. The highest BCUT2D eigenvalue weighted by atomic mass is 16.2. The summed E-state index contributed by atoms with van der Waals surface area (Å²) in [4.78, 5) is 23.6. The molecule has 0 atom stereocenters. The fourth-order valence-corrected chi connectivity index (χ4v) is 1.52. The molecule has 0 radical (unpaired) electrons. The van der Waals surface area contributed by atoms with Gasteiger partial charge in [-0.15, -0.1) is 0 Å². The Morgan fingerprint density at radius 2 is 2.00 bits per heavy atom. The Labute approximate surface area is 84.7 Å². The number of nitrogens with one attached hydrogen (secondary N) is 1. The van der Waals surface area contributed by atoms with Gasteiger partial charge in [-0.05, 0) is 12.8 Å². The Balaban J connectivity index is 2.28. The molecule has 2 amide bonds. The summed E-state index contributed by atoms with van der Waals surface area (Å²) in [5, 5.41) is 2.98. The van der Waals surface area contributed by atoms with Crippen LogP contribution in [0.25, 0.3) is 0 Å². The van der Waals surface area contributed by atoms with Crippen LogP contribution in [0.5, 0.6) is 0 Å². The Morgan fingerprint density at radius 1 is 1.43 bits per heavy atom. The Morgan fingerprint density at radius 3 is 2.43 bits per heavy atom. The van der Waals surface area contributed by atoms with Crippen LogP contribution in [-0.4, -0.2) is 36.3 Å². The van der Waals surface area contributed by atoms with E-state index in [-0.39, 0.29) is 17.9 Å². The van der Waals surface area contributed by atoms with E-state index in [1.807, 2.05) is 13.8 Å². The molecular weight excluding hydrogens is 180 g/mol. The van der Waals surface area contributed by atoms with Crippen molar-refractivity contribution in [3.8, 4) is 0 Å². The van der Waals surface area contributed by atoms with Crippen molar-refractivity contribution in [2.75, 3.05) is 13.1 Å². The molecule has 1 fully saturated rings. The minimum atomic E-state index is 0.0408. The molecule has 0 unspecified atom stereocenters. The van der Waals surface area contributed by atoms with Gasteiger partial charge in [-0.1, -0.05) is 13.8 Å². The Kier molecular flexibility index (Phi) is 3.92. The molecule has 0 aromatic heterocycles. The van der Waals surface area contributed by atoms with E-state index < -0.39 is 0 Å². The molecule has 0 aliphatic carbocycles. The monoisotopic (exact) mass is 198 g/mol. The maximum absolute atomic E-state index is 11.4. The average molecular weight is 198 g/mol. The van der Waals surface area contributed by atoms with Gasteiger partial charge in [-0.3, -0.25) is 9.59 Å². The molecule has 1 saturated heterocycles. The van der Waals surface area contributed by atoms with Crippen LogP contribution in [0, 0.1) is 5.92 Å². The van der Waals surface area contributed by atoms with E-state index in [2.05, 4.69) is 5.32 Å². The van der Waals surface area contributed by atoms with E-state index >= 15 is 0 Å². The molecule has 1 aliphatic heterocycles. The third kappa shape index (κ3) is 3.01. The van der Waals surface area contributed by atoms with Crippen LogP contribution in [0.2, 0.25) is 0 Å². The molecule has 1 rings (SSSR count). The summed E-state index contributed by atoms with van der Waals surface area (Å²) in [6, 6.07) is 0.251. The highest BCUT2D eigenvalue weighted by Gasteiger charge is 2.20. The first-order valence-corrected chi connectivity index (χ1v) is 5.13. The van der Waals surface area contributed by atoms with Gasteiger partial charge in [0.05, 0.1) is 0 Å². The first-order chi connectivity index (χ1) is 6.63. The topological polar surface area (TPSA) is 49.4 Å². The first kappa shape index (κ1) is 11.0. The second kappa shape index (κ2) is 4.98. The molecule has 0 spiro atoms. The number of hydrogen-bond donors (Lipinski definition) is 1. The van der Waals surface area contributed by atoms with Gasteiger partial charge in [0.25, 0.3) is 0 Å². The number of amides is 2. The summed E-state index contributed by atoms with van der Waals surface area (Å²) in [5.41, 5.74) is 0. The van der Waals surface area contributed by atoms with Crippen LogP contribution in [-0.2, 0) is 9.59 Å². The van der Waals surface area contributed by atoms with Crippen molar-refractivity contribution in [1.29, 1.82) is 0 Å². The van der Waals surface area contributed by atoms with Gasteiger partial charge < -0.3 is 10.2 Å².